The fourth-order valence-corrected chi connectivity index (χ4v) is 2.81. The Labute approximate surface area is 137 Å². The van der Waals surface area contributed by atoms with Crippen LogP contribution in [-0.2, 0) is 4.79 Å². The van der Waals surface area contributed by atoms with Gasteiger partial charge in [0.1, 0.15) is 11.2 Å². The van der Waals surface area contributed by atoms with E-state index in [0.717, 1.165) is 22.2 Å². The highest BCUT2D eigenvalue weighted by Crippen LogP contribution is 2.30. The van der Waals surface area contributed by atoms with Crippen LogP contribution in [0.1, 0.15) is 51.8 Å². The standard InChI is InChI=1S/C19H23N3O/c1-11(2)14-10-13-8-6-7-9-15(13)20-16(14)17-21-18(23)19(5,22-17)12(3)4/h6-12H,1-5H3,(H,21,22,23). The summed E-state index contributed by atoms with van der Waals surface area (Å²) in [4.78, 5) is 21.9. The van der Waals surface area contributed by atoms with Gasteiger partial charge in [-0.2, -0.15) is 0 Å². The molecule has 4 nitrogen and oxygen atoms in total. The molecule has 1 N–H and O–H groups in total. The number of nitrogens with zero attached hydrogens (tertiary/aromatic N) is 2. The summed E-state index contributed by atoms with van der Waals surface area (Å²) in [6, 6.07) is 10.2. The largest absolute Gasteiger partial charge is 0.307 e. The van der Waals surface area contributed by atoms with E-state index in [9.17, 15) is 4.79 Å². The molecule has 1 aliphatic heterocycles. The molecule has 1 aromatic heterocycles. The van der Waals surface area contributed by atoms with Crippen LogP contribution in [0, 0.1) is 5.92 Å². The van der Waals surface area contributed by atoms with Gasteiger partial charge in [0.2, 0.25) is 0 Å². The summed E-state index contributed by atoms with van der Waals surface area (Å²) in [6.45, 7) is 10.2. The van der Waals surface area contributed by atoms with Crippen LogP contribution in [0.25, 0.3) is 10.9 Å². The summed E-state index contributed by atoms with van der Waals surface area (Å²) in [5, 5.41) is 4.06. The predicted octanol–water partition coefficient (Wildman–Crippen LogP) is 3.65. The van der Waals surface area contributed by atoms with E-state index in [-0.39, 0.29) is 11.8 Å². The summed E-state index contributed by atoms with van der Waals surface area (Å²) < 4.78 is 0. The van der Waals surface area contributed by atoms with E-state index in [0.29, 0.717) is 11.8 Å². The third kappa shape index (κ3) is 2.52. The number of amides is 1. The first-order valence-electron chi connectivity index (χ1n) is 8.14. The quantitative estimate of drug-likeness (QED) is 0.941. The van der Waals surface area contributed by atoms with Crippen LogP contribution in [0.3, 0.4) is 0 Å². The zero-order chi connectivity index (χ0) is 16.8. The van der Waals surface area contributed by atoms with Crippen molar-refractivity contribution in [1.82, 2.24) is 10.3 Å². The molecule has 1 aliphatic rings. The lowest BCUT2D eigenvalue weighted by Gasteiger charge is -2.21. The molecule has 0 aliphatic carbocycles. The molecule has 1 amide bonds. The molecule has 3 rings (SSSR count). The number of aromatic nitrogens is 1. The number of aliphatic imine (C=N–C) groups is 1. The molecule has 0 bridgehead atoms. The summed E-state index contributed by atoms with van der Waals surface area (Å²) in [5.41, 5.74) is 2.09. The van der Waals surface area contributed by atoms with E-state index in [4.69, 9.17) is 9.98 Å². The van der Waals surface area contributed by atoms with Crippen molar-refractivity contribution in [3.63, 3.8) is 0 Å². The van der Waals surface area contributed by atoms with E-state index >= 15 is 0 Å². The van der Waals surface area contributed by atoms with Crippen LogP contribution in [0.2, 0.25) is 0 Å². The molecule has 0 saturated carbocycles. The van der Waals surface area contributed by atoms with Crippen molar-refractivity contribution < 1.29 is 4.79 Å². The molecule has 120 valence electrons. The summed E-state index contributed by atoms with van der Waals surface area (Å²) in [6.07, 6.45) is 0. The Morgan fingerprint density at radius 1 is 1.13 bits per heavy atom. The predicted molar refractivity (Wildman–Crippen MR) is 93.8 cm³/mol. The average molecular weight is 309 g/mol. The van der Waals surface area contributed by atoms with E-state index in [1.807, 2.05) is 39.0 Å². The van der Waals surface area contributed by atoms with Gasteiger partial charge < -0.3 is 5.32 Å². The first kappa shape index (κ1) is 15.7. The maximum absolute atomic E-state index is 12.4. The van der Waals surface area contributed by atoms with Crippen molar-refractivity contribution in [2.24, 2.45) is 10.9 Å². The van der Waals surface area contributed by atoms with Crippen molar-refractivity contribution >= 4 is 22.6 Å². The van der Waals surface area contributed by atoms with Crippen LogP contribution < -0.4 is 5.32 Å². The number of fused-ring (bicyclic) bond motifs is 1. The molecule has 1 unspecified atom stereocenters. The Balaban J connectivity index is 2.20. The molecule has 1 atom stereocenters. The normalized spacial score (nSPS) is 21.2. The highest BCUT2D eigenvalue weighted by molar-refractivity contribution is 6.15. The summed E-state index contributed by atoms with van der Waals surface area (Å²) in [7, 11) is 0. The second-order valence-corrected chi connectivity index (χ2v) is 6.99. The number of rotatable bonds is 3. The van der Waals surface area contributed by atoms with Crippen molar-refractivity contribution in [1.29, 1.82) is 0 Å². The number of pyridine rings is 1. The van der Waals surface area contributed by atoms with E-state index in [1.54, 1.807) is 0 Å². The molecule has 2 aromatic rings. The Bertz CT molecular complexity index is 807. The van der Waals surface area contributed by atoms with Crippen molar-refractivity contribution in [2.45, 2.75) is 46.1 Å². The second kappa shape index (κ2) is 5.44. The molecule has 0 spiro atoms. The van der Waals surface area contributed by atoms with Gasteiger partial charge in [0, 0.05) is 5.39 Å². The molecular formula is C19H23N3O. The number of para-hydroxylation sites is 1. The van der Waals surface area contributed by atoms with Gasteiger partial charge in [-0.05, 0) is 36.5 Å². The number of carbonyl (C=O) groups excluding carboxylic acids is 1. The van der Waals surface area contributed by atoms with Crippen LogP contribution in [0.15, 0.2) is 35.3 Å². The Kier molecular flexibility index (Phi) is 3.71. The number of nitrogens with one attached hydrogen (secondary N) is 1. The van der Waals surface area contributed by atoms with Gasteiger partial charge in [0.05, 0.1) is 5.52 Å². The highest BCUT2D eigenvalue weighted by atomic mass is 16.2. The number of benzene rings is 1. The molecule has 4 heteroatoms. The van der Waals surface area contributed by atoms with Crippen LogP contribution in [0.4, 0.5) is 0 Å². The summed E-state index contributed by atoms with van der Waals surface area (Å²) >= 11 is 0. The van der Waals surface area contributed by atoms with Crippen LogP contribution in [0.5, 0.6) is 0 Å². The minimum atomic E-state index is -0.725. The monoisotopic (exact) mass is 309 g/mol. The maximum Gasteiger partial charge on any atom is 0.253 e. The Morgan fingerprint density at radius 3 is 2.43 bits per heavy atom. The van der Waals surface area contributed by atoms with Crippen molar-refractivity contribution in [3.05, 3.63) is 41.6 Å². The molecule has 0 radical (unpaired) electrons. The molecular weight excluding hydrogens is 286 g/mol. The van der Waals surface area contributed by atoms with E-state index < -0.39 is 5.54 Å². The third-order valence-electron chi connectivity index (χ3n) is 4.76. The topological polar surface area (TPSA) is 54.4 Å². The Hall–Kier alpha value is -2.23. The fraction of sp³-hybridized carbons (Fsp3) is 0.421. The van der Waals surface area contributed by atoms with Gasteiger partial charge in [-0.1, -0.05) is 45.9 Å². The van der Waals surface area contributed by atoms with E-state index in [2.05, 4.69) is 31.3 Å². The SMILES string of the molecule is CC(C)c1cc2ccccc2nc1C1=NC(C)(C(C)C)C(=O)N1. The minimum Gasteiger partial charge on any atom is -0.307 e. The summed E-state index contributed by atoms with van der Waals surface area (Å²) in [5.74, 6) is 0.975. The zero-order valence-corrected chi connectivity index (χ0v) is 14.3. The van der Waals surface area contributed by atoms with Crippen LogP contribution in [-0.4, -0.2) is 22.3 Å². The van der Waals surface area contributed by atoms with E-state index in [1.165, 1.54) is 0 Å². The molecule has 0 fully saturated rings. The van der Waals surface area contributed by atoms with Gasteiger partial charge in [-0.3, -0.25) is 4.79 Å². The number of hydrogen-bond acceptors (Lipinski definition) is 3. The molecule has 1 aromatic carbocycles. The van der Waals surface area contributed by atoms with Crippen LogP contribution >= 0.6 is 0 Å². The van der Waals surface area contributed by atoms with Gasteiger partial charge in [-0.15, -0.1) is 0 Å². The highest BCUT2D eigenvalue weighted by Gasteiger charge is 2.42. The lowest BCUT2D eigenvalue weighted by Crippen LogP contribution is -2.41. The van der Waals surface area contributed by atoms with Crippen molar-refractivity contribution in [2.75, 3.05) is 0 Å². The maximum atomic E-state index is 12.4. The molecule has 23 heavy (non-hydrogen) atoms. The van der Waals surface area contributed by atoms with Gasteiger partial charge >= 0.3 is 0 Å². The number of hydrogen-bond donors (Lipinski definition) is 1. The minimum absolute atomic E-state index is 0.0489. The second-order valence-electron chi connectivity index (χ2n) is 6.99. The number of carbonyl (C=O) groups is 1. The lowest BCUT2D eigenvalue weighted by molar-refractivity contribution is -0.124. The number of amidine groups is 1. The fourth-order valence-electron chi connectivity index (χ4n) is 2.81. The lowest BCUT2D eigenvalue weighted by atomic mass is 9.89. The average Bonchev–Trinajstić information content (AvgIpc) is 2.82. The first-order valence-corrected chi connectivity index (χ1v) is 8.14. The smallest absolute Gasteiger partial charge is 0.253 e. The van der Waals surface area contributed by atoms with Gasteiger partial charge in [0.25, 0.3) is 5.91 Å². The zero-order valence-electron chi connectivity index (χ0n) is 14.3. The Morgan fingerprint density at radius 2 is 1.83 bits per heavy atom. The van der Waals surface area contributed by atoms with Crippen molar-refractivity contribution in [3.8, 4) is 0 Å². The molecule has 0 saturated heterocycles. The van der Waals surface area contributed by atoms with Gasteiger partial charge in [0.15, 0.2) is 5.84 Å². The molecule has 2 heterocycles. The van der Waals surface area contributed by atoms with Gasteiger partial charge in [-0.25, -0.2) is 9.98 Å². The first-order chi connectivity index (χ1) is 10.8. The third-order valence-corrected chi connectivity index (χ3v) is 4.76.